The van der Waals surface area contributed by atoms with Gasteiger partial charge in [0.1, 0.15) is 0 Å². The highest BCUT2D eigenvalue weighted by Gasteiger charge is 2.38. The van der Waals surface area contributed by atoms with Crippen LogP contribution in [0.3, 0.4) is 0 Å². The molecule has 2 aliphatic rings. The molecule has 0 aliphatic heterocycles. The number of rotatable bonds is 21. The average Bonchev–Trinajstić information content (AvgIpc) is 3.17. The molecule has 0 saturated heterocycles. The molecule has 2 atom stereocenters. The number of aryl methyl sites for hydroxylation is 2. The second-order valence-electron chi connectivity index (χ2n) is 27.8. The Morgan fingerprint density at radius 2 is 1.14 bits per heavy atom. The molecular weight excluding hydrogens is 781 g/mol. The van der Waals surface area contributed by atoms with Gasteiger partial charge in [-0.25, -0.2) is 0 Å². The van der Waals surface area contributed by atoms with E-state index in [4.69, 9.17) is 13.2 Å². The van der Waals surface area contributed by atoms with E-state index in [0.29, 0.717) is 16.7 Å². The lowest BCUT2D eigenvalue weighted by atomic mass is 9.62. The largest absolute Gasteiger partial charge is 0.0999 e. The van der Waals surface area contributed by atoms with E-state index in [1.165, 1.54) is 105 Å². The standard InChI is InChI=1S/C65H104/c1-22-36-65(38-34-46(2)28-30-49-32-33-53(59(5,6)7)58(40-49)63(17,18)19,37-26-24-23-25-27-50-43-56(62(14,15)16)52-45-64(20,21)57(52)44-50)39-35-47(3)29-31-51-41-54(60(8,9)10)48(4)55(42-51)61(11,12)13/h32-33,40-41,43-44,55H,2-3,22-31,34-39,42,45H2,1,4-21H3. The van der Waals surface area contributed by atoms with Crippen LogP contribution < -0.4 is 0 Å². The molecule has 364 valence electrons. The molecule has 0 amide bonds. The third-order valence-electron chi connectivity index (χ3n) is 16.1. The summed E-state index contributed by atoms with van der Waals surface area (Å²) in [5, 5.41) is 0. The number of unbranched alkanes of at least 4 members (excludes halogenated alkanes) is 3. The number of hydrogen-bond acceptors (Lipinski definition) is 0. The highest BCUT2D eigenvalue weighted by molar-refractivity contribution is 5.53. The van der Waals surface area contributed by atoms with E-state index in [2.05, 4.69) is 168 Å². The predicted octanol–water partition coefficient (Wildman–Crippen LogP) is 20.1. The van der Waals surface area contributed by atoms with Gasteiger partial charge in [0, 0.05) is 0 Å². The van der Waals surface area contributed by atoms with Gasteiger partial charge in [0.25, 0.3) is 0 Å². The van der Waals surface area contributed by atoms with Gasteiger partial charge < -0.3 is 0 Å². The lowest BCUT2D eigenvalue weighted by Gasteiger charge is -2.42. The summed E-state index contributed by atoms with van der Waals surface area (Å²) >= 11 is 0. The van der Waals surface area contributed by atoms with Crippen LogP contribution >= 0.6 is 0 Å². The van der Waals surface area contributed by atoms with E-state index >= 15 is 0 Å². The van der Waals surface area contributed by atoms with E-state index in [1.807, 2.05) is 0 Å². The third kappa shape index (κ3) is 15.2. The molecule has 0 nitrogen and oxygen atoms in total. The van der Waals surface area contributed by atoms with Gasteiger partial charge in [-0.05, 0) is 185 Å². The fourth-order valence-corrected chi connectivity index (χ4v) is 12.0. The first-order chi connectivity index (χ1) is 29.8. The predicted molar refractivity (Wildman–Crippen MR) is 292 cm³/mol. The van der Waals surface area contributed by atoms with Gasteiger partial charge in [-0.3, -0.25) is 0 Å². The molecule has 2 unspecified atom stereocenters. The first kappa shape index (κ1) is 55.0. The summed E-state index contributed by atoms with van der Waals surface area (Å²) in [5.74, 6) is 0.607. The monoisotopic (exact) mass is 885 g/mol. The summed E-state index contributed by atoms with van der Waals surface area (Å²) in [6, 6.07) is 12.5. The second kappa shape index (κ2) is 21.4. The summed E-state index contributed by atoms with van der Waals surface area (Å²) in [4.78, 5) is 0. The van der Waals surface area contributed by atoms with Crippen LogP contribution in [-0.2, 0) is 40.9 Å². The maximum atomic E-state index is 4.80. The van der Waals surface area contributed by atoms with Crippen molar-refractivity contribution in [3.63, 3.8) is 0 Å². The molecule has 0 radical (unpaired) electrons. The minimum absolute atomic E-state index is 0.127. The van der Waals surface area contributed by atoms with Crippen molar-refractivity contribution in [3.8, 4) is 0 Å². The second-order valence-corrected chi connectivity index (χ2v) is 27.8. The number of hydrogen-bond donors (Lipinski definition) is 0. The molecular formula is C65H104. The highest BCUT2D eigenvalue weighted by Crippen LogP contribution is 2.49. The quantitative estimate of drug-likeness (QED) is 0.0865. The summed E-state index contributed by atoms with van der Waals surface area (Å²) in [5.41, 5.74) is 20.2. The molecule has 2 aromatic carbocycles. The molecule has 0 bridgehead atoms. The Balaban J connectivity index is 1.45. The van der Waals surface area contributed by atoms with Crippen LogP contribution in [0.4, 0.5) is 0 Å². The molecule has 2 aliphatic carbocycles. The van der Waals surface area contributed by atoms with Crippen LogP contribution in [0.2, 0.25) is 0 Å². The van der Waals surface area contributed by atoms with Crippen molar-refractivity contribution >= 4 is 0 Å². The number of benzene rings is 2. The van der Waals surface area contributed by atoms with E-state index in [-0.39, 0.29) is 27.1 Å². The van der Waals surface area contributed by atoms with E-state index in [9.17, 15) is 0 Å². The normalized spacial score (nSPS) is 18.0. The van der Waals surface area contributed by atoms with Gasteiger partial charge in [0.05, 0.1) is 0 Å². The van der Waals surface area contributed by atoms with Gasteiger partial charge in [0.15, 0.2) is 0 Å². The molecule has 0 fully saturated rings. The molecule has 4 rings (SSSR count). The third-order valence-corrected chi connectivity index (χ3v) is 16.1. The average molecular weight is 886 g/mol. The maximum Gasteiger partial charge on any atom is -0.00601 e. The molecule has 0 heterocycles. The lowest BCUT2D eigenvalue weighted by Crippen LogP contribution is -2.36. The minimum atomic E-state index is 0.127. The van der Waals surface area contributed by atoms with Crippen molar-refractivity contribution in [2.24, 2.45) is 22.2 Å². The summed E-state index contributed by atoms with van der Waals surface area (Å²) in [6.07, 6.45) is 24.7. The van der Waals surface area contributed by atoms with E-state index in [0.717, 1.165) is 38.5 Å². The van der Waals surface area contributed by atoms with Gasteiger partial charge in [0.2, 0.25) is 0 Å². The van der Waals surface area contributed by atoms with Crippen LogP contribution in [0, 0.1) is 22.2 Å². The molecule has 0 N–H and O–H groups in total. The Morgan fingerprint density at radius 1 is 0.585 bits per heavy atom. The summed E-state index contributed by atoms with van der Waals surface area (Å²) in [7, 11) is 0. The Hall–Kier alpha value is -2.60. The topological polar surface area (TPSA) is 0 Å². The van der Waals surface area contributed by atoms with E-state index < -0.39 is 0 Å². The zero-order chi connectivity index (χ0) is 49.0. The molecule has 2 aromatic rings. The minimum Gasteiger partial charge on any atom is -0.0999 e. The Morgan fingerprint density at radius 3 is 1.66 bits per heavy atom. The van der Waals surface area contributed by atoms with E-state index in [1.54, 1.807) is 39.0 Å². The fourth-order valence-electron chi connectivity index (χ4n) is 12.0. The fraction of sp³-hybridized carbons (Fsp3) is 0.692. The van der Waals surface area contributed by atoms with Crippen molar-refractivity contribution in [3.05, 3.63) is 116 Å². The smallest absolute Gasteiger partial charge is 0.00601 e. The zero-order valence-electron chi connectivity index (χ0n) is 46.7. The molecule has 0 saturated carbocycles. The van der Waals surface area contributed by atoms with Crippen molar-refractivity contribution in [1.82, 2.24) is 0 Å². The Kier molecular flexibility index (Phi) is 18.1. The van der Waals surface area contributed by atoms with Crippen LogP contribution in [0.15, 0.2) is 77.4 Å². The van der Waals surface area contributed by atoms with Crippen molar-refractivity contribution in [2.75, 3.05) is 0 Å². The van der Waals surface area contributed by atoms with Crippen LogP contribution in [0.25, 0.3) is 0 Å². The maximum absolute atomic E-state index is 4.80. The molecule has 0 aromatic heterocycles. The Labute approximate surface area is 405 Å². The first-order valence-electron chi connectivity index (χ1n) is 26.8. The van der Waals surface area contributed by atoms with Crippen molar-refractivity contribution in [1.29, 1.82) is 0 Å². The van der Waals surface area contributed by atoms with Crippen LogP contribution in [0.5, 0.6) is 0 Å². The highest BCUT2D eigenvalue weighted by atomic mass is 14.4. The Bertz CT molecular complexity index is 2000. The SMILES string of the molecule is C=C(CCC1=CC(C(C)(C)C)=C(C)C(C(C)(C)C)C1)CCC(CCC)(CCCCCCc1cc(C(C)(C)C)c2c(c1)C(C)(C)C2)CCC(=C)CCc1ccc(C(C)(C)C)c(C(C)(C)C)c1. The van der Waals surface area contributed by atoms with Gasteiger partial charge in [-0.15, -0.1) is 0 Å². The molecule has 0 spiro atoms. The van der Waals surface area contributed by atoms with Crippen molar-refractivity contribution < 1.29 is 0 Å². The lowest BCUT2D eigenvalue weighted by molar-refractivity contribution is 0.188. The number of allylic oxidation sites excluding steroid dienone is 6. The zero-order valence-corrected chi connectivity index (χ0v) is 46.7. The van der Waals surface area contributed by atoms with Gasteiger partial charge >= 0.3 is 0 Å². The van der Waals surface area contributed by atoms with Gasteiger partial charge in [-0.2, -0.15) is 0 Å². The molecule has 0 heteroatoms. The summed E-state index contributed by atoms with van der Waals surface area (Å²) in [6.45, 7) is 55.1. The van der Waals surface area contributed by atoms with Crippen molar-refractivity contribution in [2.45, 2.75) is 269 Å². The first-order valence-corrected chi connectivity index (χ1v) is 26.8. The van der Waals surface area contributed by atoms with Gasteiger partial charge in [-0.1, -0.05) is 222 Å². The molecule has 65 heavy (non-hydrogen) atoms. The number of fused-ring (bicyclic) bond motifs is 1. The summed E-state index contributed by atoms with van der Waals surface area (Å²) < 4.78 is 0. The van der Waals surface area contributed by atoms with Crippen LogP contribution in [0.1, 0.15) is 267 Å². The van der Waals surface area contributed by atoms with Crippen LogP contribution in [-0.4, -0.2) is 0 Å².